The summed E-state index contributed by atoms with van der Waals surface area (Å²) in [6.07, 6.45) is 28.0. The molecule has 0 atom stereocenters. The molecule has 6 aliphatic heterocycles. The molecule has 0 unspecified atom stereocenters. The normalized spacial score (nSPS) is 17.6. The molecule has 21 heteroatoms. The van der Waals surface area contributed by atoms with Gasteiger partial charge in [0, 0.05) is 43.8 Å². The minimum Gasteiger partial charge on any atom is -1.00 e. The summed E-state index contributed by atoms with van der Waals surface area (Å²) in [6.45, 7) is 21.5. The van der Waals surface area contributed by atoms with E-state index >= 15 is 0 Å². The molecule has 4 fully saturated rings. The Kier molecular flexibility index (Phi) is 29.2. The highest BCUT2D eigenvalue weighted by atomic mass is 35.5. The van der Waals surface area contributed by atoms with Crippen LogP contribution in [0, 0.1) is 0 Å². The van der Waals surface area contributed by atoms with Crippen LogP contribution in [0.1, 0.15) is 142 Å². The molecule has 13 rings (SSSR count). The molecule has 4 aromatic carbocycles. The number of hydrogen-bond donors (Lipinski definition) is 2. The fourth-order valence-corrected chi connectivity index (χ4v) is 28.1. The maximum absolute atomic E-state index is 7.60. The molecule has 2 N–H and O–H groups in total. The van der Waals surface area contributed by atoms with Crippen molar-refractivity contribution in [3.05, 3.63) is 97.1 Å². The van der Waals surface area contributed by atoms with E-state index in [1.165, 1.54) is 261 Å². The molecule has 9 heterocycles. The van der Waals surface area contributed by atoms with E-state index in [4.69, 9.17) is 38.1 Å². The Balaban J connectivity index is 0.000000244. The molecule has 0 saturated carbocycles. The van der Waals surface area contributed by atoms with Crippen LogP contribution in [0.5, 0.6) is 0 Å². The fraction of sp³-hybridized carbons (Fsp3) is 0.579. The monoisotopic (exact) mass is 1450 g/mol. The van der Waals surface area contributed by atoms with Gasteiger partial charge in [0.1, 0.15) is 22.6 Å². The molecule has 528 valence electrons. The number of nitrogens with zero attached hydrogens (tertiary/aromatic N) is 10. The van der Waals surface area contributed by atoms with Crippen LogP contribution in [0.25, 0.3) is 89.7 Å². The zero-order valence-corrected chi connectivity index (χ0v) is 65.4. The van der Waals surface area contributed by atoms with Crippen molar-refractivity contribution < 1.29 is 75.8 Å². The minimum atomic E-state index is -1.94. The number of fused-ring (bicyclic) bond motifs is 20. The number of H-pyrrole nitrogens is 2. The second-order valence-electron chi connectivity index (χ2n) is 30.5. The molecule has 14 nitrogen and oxygen atoms in total. The van der Waals surface area contributed by atoms with Gasteiger partial charge in [-0.15, -0.1) is 0 Å². The lowest BCUT2D eigenvalue weighted by molar-refractivity contribution is -0.914. The number of hydrogen-bond acceptors (Lipinski definition) is 8. The van der Waals surface area contributed by atoms with Crippen LogP contribution >= 0.6 is 0 Å². The van der Waals surface area contributed by atoms with Gasteiger partial charge in [0.25, 0.3) is 0 Å². The van der Waals surface area contributed by atoms with Crippen LogP contribution in [0.4, 0.5) is 0 Å². The van der Waals surface area contributed by atoms with Gasteiger partial charge in [-0.2, -0.15) is 0 Å². The number of rotatable bonds is 26. The number of aromatic amines is 2. The van der Waals surface area contributed by atoms with E-state index in [1.54, 1.807) is 0 Å². The van der Waals surface area contributed by atoms with Crippen molar-refractivity contribution in [3.8, 4) is 45.6 Å². The van der Waals surface area contributed by atoms with E-state index in [0.29, 0.717) is 55.9 Å². The summed E-state index contributed by atoms with van der Waals surface area (Å²) in [7, 11) is 6.68. The first-order valence-electron chi connectivity index (χ1n) is 36.9. The highest BCUT2D eigenvalue weighted by Gasteiger charge is 2.41. The van der Waals surface area contributed by atoms with E-state index in [9.17, 15) is 0 Å². The molecule has 8 bridgehead atoms. The summed E-state index contributed by atoms with van der Waals surface area (Å²) in [5.41, 5.74) is 6.45. The van der Waals surface area contributed by atoms with Crippen LogP contribution in [0.2, 0.25) is 36.3 Å². The van der Waals surface area contributed by atoms with Crippen molar-refractivity contribution in [1.29, 1.82) is 0 Å². The van der Waals surface area contributed by atoms with Gasteiger partial charge in [-0.25, -0.2) is 29.9 Å². The molecular weight excluding hydrogens is 1340 g/mol. The van der Waals surface area contributed by atoms with E-state index in [2.05, 4.69) is 52.0 Å². The van der Waals surface area contributed by atoms with Gasteiger partial charge < -0.3 is 85.8 Å². The molecule has 0 amide bonds. The molecule has 0 aliphatic carbocycles. The van der Waals surface area contributed by atoms with Gasteiger partial charge in [0.05, 0.1) is 107 Å². The Hall–Kier alpha value is -4.19. The smallest absolute Gasteiger partial charge is 0.410 e. The maximum atomic E-state index is 7.60. The standard InChI is InChI=1S/C44H94N4O2Si3.C32H18N8.4ClH/c1-7-9-39-52(41-23-35-45(3)27-15-11-16-28-45,42-24-36-46(4)29-17-12-18-30-46)49-51-50-53(40-10-8-2,43-25-37-47(5)31-19-13-20-32-47)44-26-38-48(6)33-21-14-22-34-48;1-2-10-18-17(9-1)25-33-26(18)38-28-21-13-5-6-14-22(21)30(35-28)40-32-24-16-8-7-15-23(24)31(36-32)39-29-20-12-4-3-11-19(20)27(34-29)37-25;;;;/h7-44H2,1-6H3;1-16H,(H2,33,34,35,36,37,38,39,40);4*1H/q+4;;;;;/p-4. The lowest BCUT2D eigenvalue weighted by Gasteiger charge is -2.41. The summed E-state index contributed by atoms with van der Waals surface area (Å²) in [6, 6.07) is 40.5. The lowest BCUT2D eigenvalue weighted by Crippen LogP contribution is -3.00. The van der Waals surface area contributed by atoms with Crippen LogP contribution < -0.4 is 49.6 Å². The fourth-order valence-electron chi connectivity index (χ4n) is 17.0. The Morgan fingerprint density at radius 2 is 0.557 bits per heavy atom. The molecular formula is C76H112Cl4N12O2Si3. The van der Waals surface area contributed by atoms with Gasteiger partial charge in [0.15, 0.2) is 39.9 Å². The highest BCUT2D eigenvalue weighted by molar-refractivity contribution is 6.80. The van der Waals surface area contributed by atoms with Crippen molar-refractivity contribution >= 4 is 70.8 Å². The first-order valence-corrected chi connectivity index (χ1v) is 42.8. The summed E-state index contributed by atoms with van der Waals surface area (Å²) >= 11 is 0. The quantitative estimate of drug-likeness (QED) is 0.0573. The second-order valence-corrected chi connectivity index (χ2v) is 40.0. The lowest BCUT2D eigenvalue weighted by atomic mass is 10.1. The van der Waals surface area contributed by atoms with Crippen molar-refractivity contribution in [3.63, 3.8) is 0 Å². The zero-order chi connectivity index (χ0) is 64.2. The predicted octanol–water partition coefficient (Wildman–Crippen LogP) is 5.01. The molecule has 0 spiro atoms. The number of likely N-dealkylation sites (tertiary alicyclic amines) is 4. The van der Waals surface area contributed by atoms with Crippen LogP contribution in [0.3, 0.4) is 0 Å². The summed E-state index contributed by atoms with van der Waals surface area (Å²) in [4.78, 5) is 36.8. The topological polar surface area (TPSA) is 127 Å². The summed E-state index contributed by atoms with van der Waals surface area (Å²) in [5.74, 6) is 2.39. The Labute approximate surface area is 610 Å². The summed E-state index contributed by atoms with van der Waals surface area (Å²) < 4.78 is 20.5. The second kappa shape index (κ2) is 36.1. The van der Waals surface area contributed by atoms with Crippen LogP contribution in [0.15, 0.2) is 97.1 Å². The molecule has 2 radical (unpaired) electrons. The number of benzene rings is 4. The van der Waals surface area contributed by atoms with Crippen molar-refractivity contribution in [2.45, 2.75) is 179 Å². The van der Waals surface area contributed by atoms with Crippen molar-refractivity contribution in [2.75, 3.05) is 107 Å². The Morgan fingerprint density at radius 3 is 0.794 bits per heavy atom. The third-order valence-electron chi connectivity index (χ3n) is 22.9. The van der Waals surface area contributed by atoms with Gasteiger partial charge in [0.2, 0.25) is 0 Å². The largest absolute Gasteiger partial charge is 1.00 e. The average molecular weight is 1450 g/mol. The molecule has 97 heavy (non-hydrogen) atoms. The predicted molar refractivity (Wildman–Crippen MR) is 391 cm³/mol. The maximum Gasteiger partial charge on any atom is 0.410 e. The number of halogens is 4. The highest BCUT2D eigenvalue weighted by Crippen LogP contribution is 2.39. The Bertz CT molecular complexity index is 3340. The molecule has 3 aromatic heterocycles. The number of unbranched alkanes of at least 4 members (excludes halogenated alkanes) is 2. The van der Waals surface area contributed by atoms with Gasteiger partial charge >= 0.3 is 10.0 Å². The SMILES string of the molecule is CCCC[Si](CCC[N+]1(C)CCCCC1)(CCC[N+]1(C)CCCCC1)O[Si]O[Si](CCCC)(CCC[N+]1(C)CCCCC1)CCC[N+]1(C)CCCCC1.[Cl-].[Cl-].[Cl-].[Cl-].c1ccc2c(c1)-c1nc-2nc2[nH]c(nc3nc(nc4[nH]c(n1)c1ccccc41)-c1ccccc1-3)c1ccccc21. The summed E-state index contributed by atoms with van der Waals surface area (Å²) in [5, 5.41) is 3.82. The van der Waals surface area contributed by atoms with Crippen LogP contribution in [-0.4, -0.2) is 191 Å². The molecule has 7 aromatic rings. The van der Waals surface area contributed by atoms with Gasteiger partial charge in [-0.1, -0.05) is 137 Å². The van der Waals surface area contributed by atoms with Crippen molar-refractivity contribution in [1.82, 2.24) is 39.9 Å². The van der Waals surface area contributed by atoms with E-state index in [0.717, 1.165) is 43.8 Å². The first kappa shape index (κ1) is 78.5. The molecule has 4 saturated heterocycles. The van der Waals surface area contributed by atoms with E-state index in [1.807, 2.05) is 97.1 Å². The zero-order valence-electron chi connectivity index (χ0n) is 59.4. The van der Waals surface area contributed by atoms with Crippen LogP contribution in [-0.2, 0) is 8.23 Å². The Morgan fingerprint density at radius 1 is 0.330 bits per heavy atom. The number of quaternary nitrogens is 4. The van der Waals surface area contributed by atoms with E-state index < -0.39 is 16.6 Å². The first-order chi connectivity index (χ1) is 45.3. The molecule has 6 aliphatic rings. The third-order valence-corrected chi connectivity index (χ3v) is 34.6. The minimum absolute atomic E-state index is 0. The third kappa shape index (κ3) is 19.7. The van der Waals surface area contributed by atoms with Gasteiger partial charge in [-0.3, -0.25) is 0 Å². The number of aromatic nitrogens is 8. The average Bonchev–Trinajstić information content (AvgIpc) is 1.64. The van der Waals surface area contributed by atoms with E-state index in [-0.39, 0.29) is 49.6 Å². The van der Waals surface area contributed by atoms with Crippen molar-refractivity contribution in [2.24, 2.45) is 0 Å². The van der Waals surface area contributed by atoms with Gasteiger partial charge in [-0.05, 0) is 139 Å². The number of piperidine rings is 4. The number of nitrogens with one attached hydrogen (secondary N) is 2.